The van der Waals surface area contributed by atoms with E-state index in [-0.39, 0.29) is 17.1 Å². The number of anilines is 3. The highest BCUT2D eigenvalue weighted by atomic mass is 16.1. The molecule has 1 aliphatic rings. The fraction of sp³-hybridized carbons (Fsp3) is 0.241. The lowest BCUT2D eigenvalue weighted by atomic mass is 10.0. The molecule has 2 radical (unpaired) electrons. The predicted molar refractivity (Wildman–Crippen MR) is 151 cm³/mol. The molecule has 1 atom stereocenters. The summed E-state index contributed by atoms with van der Waals surface area (Å²) < 4.78 is 0. The van der Waals surface area contributed by atoms with Crippen molar-refractivity contribution in [3.05, 3.63) is 102 Å². The zero-order chi connectivity index (χ0) is 26.3. The number of amides is 1. The Bertz CT molecular complexity index is 1330. The molecular weight excluding hydrogens is 473 g/mol. The maximum absolute atomic E-state index is 13.0. The molecule has 2 aromatic carbocycles. The number of carbonyl (C=O) groups excluding carboxylic acids is 1. The highest BCUT2D eigenvalue weighted by Crippen LogP contribution is 2.30. The first-order chi connectivity index (χ1) is 18.6. The fourth-order valence-electron chi connectivity index (χ4n) is 4.94. The highest BCUT2D eigenvalue weighted by Gasteiger charge is 2.27. The molecule has 38 heavy (non-hydrogen) atoms. The van der Waals surface area contributed by atoms with Gasteiger partial charge in [-0.3, -0.25) is 19.7 Å². The van der Waals surface area contributed by atoms with E-state index < -0.39 is 5.91 Å². The third-order valence-corrected chi connectivity index (χ3v) is 6.79. The Kier molecular flexibility index (Phi) is 7.94. The molecule has 2 aromatic heterocycles. The Hall–Kier alpha value is -4.24. The van der Waals surface area contributed by atoms with Crippen LogP contribution in [0.25, 0.3) is 0 Å². The first kappa shape index (κ1) is 25.4. The molecule has 3 N–H and O–H groups in total. The van der Waals surface area contributed by atoms with Crippen LogP contribution < -0.4 is 21.5 Å². The number of rotatable bonds is 8. The van der Waals surface area contributed by atoms with Crippen molar-refractivity contribution in [1.29, 1.82) is 0 Å². The lowest BCUT2D eigenvalue weighted by Crippen LogP contribution is -2.47. The first-order valence-electron chi connectivity index (χ1n) is 12.8. The molecule has 1 fully saturated rings. The van der Waals surface area contributed by atoms with E-state index in [0.717, 1.165) is 44.7 Å². The second kappa shape index (κ2) is 11.9. The minimum Gasteiger partial charge on any atom is -0.382 e. The standard InChI is InChI=1S/C29H30BN7O/c30-26-17-33-28(31)27(35-26)29(38)34-24-16-32-14-13-25(24)36-15-7-12-23(20-36)37(18-21-8-3-1-4-9-21)19-22-10-5-2-6-11-22/h1-6,8-11,13-14,16-17,23H,7,12,15,18-20H2,(H2,31,33)(H,34,38). The summed E-state index contributed by atoms with van der Waals surface area (Å²) in [6, 6.07) is 23.4. The molecular formula is C29H30BN7O. The predicted octanol–water partition coefficient (Wildman–Crippen LogP) is 3.17. The van der Waals surface area contributed by atoms with E-state index >= 15 is 0 Å². The molecule has 5 rings (SSSR count). The van der Waals surface area contributed by atoms with Crippen LogP contribution in [0.1, 0.15) is 34.5 Å². The Morgan fingerprint density at radius 2 is 1.71 bits per heavy atom. The number of pyridine rings is 1. The number of nitrogens with zero attached hydrogens (tertiary/aromatic N) is 5. The number of nitrogens with one attached hydrogen (secondary N) is 1. The van der Waals surface area contributed by atoms with E-state index in [0.29, 0.717) is 11.7 Å². The van der Waals surface area contributed by atoms with Crippen LogP contribution in [-0.2, 0) is 13.1 Å². The molecule has 1 amide bonds. The summed E-state index contributed by atoms with van der Waals surface area (Å²) >= 11 is 0. The van der Waals surface area contributed by atoms with E-state index in [1.165, 1.54) is 17.3 Å². The molecule has 0 saturated carbocycles. The summed E-state index contributed by atoms with van der Waals surface area (Å²) in [5, 5.41) is 2.92. The average Bonchev–Trinajstić information content (AvgIpc) is 2.95. The van der Waals surface area contributed by atoms with Crippen molar-refractivity contribution in [2.24, 2.45) is 0 Å². The van der Waals surface area contributed by atoms with Gasteiger partial charge < -0.3 is 16.0 Å². The summed E-state index contributed by atoms with van der Waals surface area (Å²) in [5.41, 5.74) is 10.1. The number of hydrogen-bond donors (Lipinski definition) is 2. The second-order valence-corrected chi connectivity index (χ2v) is 9.49. The van der Waals surface area contributed by atoms with Gasteiger partial charge in [0.25, 0.3) is 5.91 Å². The number of aromatic nitrogens is 3. The Balaban J connectivity index is 1.37. The van der Waals surface area contributed by atoms with Crippen LogP contribution in [0.4, 0.5) is 17.2 Å². The van der Waals surface area contributed by atoms with Crippen LogP contribution in [0.15, 0.2) is 85.3 Å². The largest absolute Gasteiger partial charge is 0.382 e. The van der Waals surface area contributed by atoms with Crippen molar-refractivity contribution in [2.75, 3.05) is 29.0 Å². The summed E-state index contributed by atoms with van der Waals surface area (Å²) in [6.07, 6.45) is 6.85. The lowest BCUT2D eigenvalue weighted by Gasteiger charge is -2.41. The van der Waals surface area contributed by atoms with Crippen molar-refractivity contribution in [3.8, 4) is 0 Å². The van der Waals surface area contributed by atoms with Gasteiger partial charge in [-0.15, -0.1) is 0 Å². The normalized spacial score (nSPS) is 15.4. The third-order valence-electron chi connectivity index (χ3n) is 6.79. The molecule has 8 nitrogen and oxygen atoms in total. The number of benzene rings is 2. The Morgan fingerprint density at radius 1 is 1.03 bits per heavy atom. The van der Waals surface area contributed by atoms with Gasteiger partial charge >= 0.3 is 0 Å². The number of piperidine rings is 1. The Morgan fingerprint density at radius 3 is 2.39 bits per heavy atom. The van der Waals surface area contributed by atoms with E-state index in [9.17, 15) is 4.79 Å². The van der Waals surface area contributed by atoms with Crippen LogP contribution >= 0.6 is 0 Å². The molecule has 3 heterocycles. The molecule has 1 saturated heterocycles. The van der Waals surface area contributed by atoms with E-state index in [1.54, 1.807) is 12.4 Å². The van der Waals surface area contributed by atoms with Crippen LogP contribution in [-0.4, -0.2) is 52.7 Å². The minimum atomic E-state index is -0.472. The van der Waals surface area contributed by atoms with Crippen LogP contribution in [0.5, 0.6) is 0 Å². The van der Waals surface area contributed by atoms with Gasteiger partial charge in [0.15, 0.2) is 11.5 Å². The van der Waals surface area contributed by atoms with E-state index in [4.69, 9.17) is 13.6 Å². The summed E-state index contributed by atoms with van der Waals surface area (Å²) in [4.78, 5) is 30.1. The van der Waals surface area contributed by atoms with Gasteiger partial charge in [-0.25, -0.2) is 4.98 Å². The zero-order valence-corrected chi connectivity index (χ0v) is 21.2. The lowest BCUT2D eigenvalue weighted by molar-refractivity contribution is 0.102. The Labute approximate surface area is 224 Å². The van der Waals surface area contributed by atoms with Gasteiger partial charge in [0.05, 0.1) is 17.6 Å². The van der Waals surface area contributed by atoms with Crippen molar-refractivity contribution in [3.63, 3.8) is 0 Å². The van der Waals surface area contributed by atoms with Crippen LogP contribution in [0, 0.1) is 0 Å². The molecule has 0 spiro atoms. The molecule has 1 aliphatic heterocycles. The first-order valence-corrected chi connectivity index (χ1v) is 12.8. The monoisotopic (exact) mass is 503 g/mol. The maximum Gasteiger partial charge on any atom is 0.278 e. The topological polar surface area (TPSA) is 100 Å². The number of nitrogens with two attached hydrogens (primary N) is 1. The molecule has 4 aromatic rings. The van der Waals surface area contributed by atoms with Gasteiger partial charge in [0.1, 0.15) is 7.85 Å². The number of hydrogen-bond acceptors (Lipinski definition) is 7. The second-order valence-electron chi connectivity index (χ2n) is 9.49. The van der Waals surface area contributed by atoms with Crippen molar-refractivity contribution in [1.82, 2.24) is 19.9 Å². The van der Waals surface area contributed by atoms with Gasteiger partial charge in [0.2, 0.25) is 0 Å². The van der Waals surface area contributed by atoms with Crippen LogP contribution in [0.3, 0.4) is 0 Å². The van der Waals surface area contributed by atoms with E-state index in [2.05, 4.69) is 90.7 Å². The SMILES string of the molecule is [B]c1cnc(N)c(C(=O)Nc2cnccc2N2CCCC(N(Cc3ccccc3)Cc3ccccc3)C2)n1. The summed E-state index contributed by atoms with van der Waals surface area (Å²) in [5.74, 6) is -0.447. The average molecular weight is 503 g/mol. The number of carbonyl (C=O) groups is 1. The van der Waals surface area contributed by atoms with Crippen LogP contribution in [0.2, 0.25) is 0 Å². The highest BCUT2D eigenvalue weighted by molar-refractivity contribution is 6.30. The molecule has 190 valence electrons. The van der Waals surface area contributed by atoms with Crippen molar-refractivity contribution >= 4 is 36.5 Å². The maximum atomic E-state index is 13.0. The van der Waals surface area contributed by atoms with Gasteiger partial charge in [-0.1, -0.05) is 60.7 Å². The van der Waals surface area contributed by atoms with Gasteiger partial charge in [-0.05, 0) is 30.0 Å². The zero-order valence-electron chi connectivity index (χ0n) is 21.2. The summed E-state index contributed by atoms with van der Waals surface area (Å²) in [6.45, 7) is 3.43. The third kappa shape index (κ3) is 6.18. The molecule has 0 aliphatic carbocycles. The smallest absolute Gasteiger partial charge is 0.278 e. The van der Waals surface area contributed by atoms with Crippen molar-refractivity contribution in [2.45, 2.75) is 32.0 Å². The van der Waals surface area contributed by atoms with Gasteiger partial charge in [-0.2, -0.15) is 0 Å². The summed E-state index contributed by atoms with van der Waals surface area (Å²) in [7, 11) is 5.73. The van der Waals surface area contributed by atoms with Gasteiger partial charge in [0, 0.05) is 50.2 Å². The molecule has 9 heteroatoms. The number of nitrogen functional groups attached to an aromatic ring is 1. The molecule has 1 unspecified atom stereocenters. The van der Waals surface area contributed by atoms with Crippen molar-refractivity contribution < 1.29 is 4.79 Å². The minimum absolute atomic E-state index is 0.00628. The molecule has 0 bridgehead atoms. The van der Waals surface area contributed by atoms with E-state index in [1.807, 2.05) is 6.07 Å². The fourth-order valence-corrected chi connectivity index (χ4v) is 4.94. The quantitative estimate of drug-likeness (QED) is 0.357.